The largest absolute Gasteiger partial charge is 0.306 e. The van der Waals surface area contributed by atoms with Crippen LogP contribution in [-0.4, -0.2) is 52.5 Å². The zero-order chi connectivity index (χ0) is 41.3. The average molecular weight is 893 g/mol. The lowest BCUT2D eigenvalue weighted by Crippen LogP contribution is -2.28. The number of hydrogen-bond acceptors (Lipinski definition) is 10. The topological polar surface area (TPSA) is 84.6 Å². The molecule has 0 radical (unpaired) electrons. The number of likely N-dealkylation sites (N-methyl/N-ethyl adjacent to an activating group) is 2. The highest BCUT2D eigenvalue weighted by Gasteiger charge is 2.32. The Labute approximate surface area is 368 Å². The summed E-state index contributed by atoms with van der Waals surface area (Å²) < 4.78 is 4.89. The molecule has 2 aliphatic heterocycles. The molecule has 6 heterocycles. The average Bonchev–Trinajstić information content (AvgIpc) is 3.99. The predicted molar refractivity (Wildman–Crippen MR) is 257 cm³/mol. The van der Waals surface area contributed by atoms with E-state index in [1.807, 2.05) is 71.5 Å². The maximum absolute atomic E-state index is 14.7. The number of carbonyl (C=O) groups excluding carboxylic acids is 2. The van der Waals surface area contributed by atoms with Gasteiger partial charge in [-0.05, 0) is 75.2 Å². The zero-order valence-electron chi connectivity index (χ0n) is 33.8. The molecule has 58 heavy (non-hydrogen) atoms. The van der Waals surface area contributed by atoms with E-state index in [0.717, 1.165) is 69.1 Å². The van der Waals surface area contributed by atoms with E-state index in [2.05, 4.69) is 13.8 Å². The van der Waals surface area contributed by atoms with E-state index in [0.29, 0.717) is 55.8 Å². The summed E-state index contributed by atoms with van der Waals surface area (Å²) in [6.07, 6.45) is 16.8. The molecule has 0 saturated carbocycles. The third-order valence-electron chi connectivity index (χ3n) is 10.5. The number of thiophene rings is 2. The molecular weight excluding hydrogens is 841 g/mol. The number of aryl methyl sites for hydroxylation is 2. The van der Waals surface area contributed by atoms with E-state index in [1.54, 1.807) is 9.80 Å². The lowest BCUT2D eigenvalue weighted by atomic mass is 10.1. The van der Waals surface area contributed by atoms with Gasteiger partial charge in [0, 0.05) is 45.7 Å². The van der Waals surface area contributed by atoms with Gasteiger partial charge in [0.25, 0.3) is 22.9 Å². The highest BCUT2D eigenvalue weighted by Crippen LogP contribution is 2.38. The Bertz CT molecular complexity index is 2200. The van der Waals surface area contributed by atoms with Crippen LogP contribution in [0.1, 0.15) is 114 Å². The van der Waals surface area contributed by atoms with Crippen molar-refractivity contribution in [1.29, 1.82) is 0 Å². The Morgan fingerprint density at radius 3 is 1.28 bits per heavy atom. The van der Waals surface area contributed by atoms with E-state index in [1.165, 1.54) is 84.7 Å². The second-order valence-corrected chi connectivity index (χ2v) is 20.2. The monoisotopic (exact) mass is 892 g/mol. The van der Waals surface area contributed by atoms with Crippen molar-refractivity contribution in [2.45, 2.75) is 118 Å². The van der Waals surface area contributed by atoms with Gasteiger partial charge in [-0.1, -0.05) is 126 Å². The van der Waals surface area contributed by atoms with Gasteiger partial charge in [-0.2, -0.15) is 0 Å². The van der Waals surface area contributed by atoms with E-state index in [-0.39, 0.29) is 22.9 Å². The predicted octanol–water partition coefficient (Wildman–Crippen LogP) is 11.8. The fourth-order valence-electron chi connectivity index (χ4n) is 7.34. The van der Waals surface area contributed by atoms with Gasteiger partial charge in [0.15, 0.2) is 0 Å². The lowest BCUT2D eigenvalue weighted by molar-refractivity contribution is -0.122. The van der Waals surface area contributed by atoms with Gasteiger partial charge >= 0.3 is 0 Å². The van der Waals surface area contributed by atoms with Crippen molar-refractivity contribution in [3.8, 4) is 20.9 Å². The van der Waals surface area contributed by atoms with Gasteiger partial charge in [-0.25, -0.2) is 0 Å². The number of amides is 2. The minimum Gasteiger partial charge on any atom is -0.306 e. The van der Waals surface area contributed by atoms with Crippen LogP contribution in [0.15, 0.2) is 55.8 Å². The van der Waals surface area contributed by atoms with Crippen molar-refractivity contribution < 1.29 is 9.59 Å². The third kappa shape index (κ3) is 10.1. The molecule has 4 aromatic heterocycles. The van der Waals surface area contributed by atoms with Crippen LogP contribution >= 0.6 is 70.6 Å². The molecule has 6 rings (SSSR count). The molecule has 0 atom stereocenters. The first kappa shape index (κ1) is 44.4. The van der Waals surface area contributed by atoms with Crippen LogP contribution in [0.25, 0.3) is 44.1 Å². The van der Waals surface area contributed by atoms with Crippen molar-refractivity contribution in [3.05, 3.63) is 76.7 Å². The number of carbonyl (C=O) groups is 2. The Morgan fingerprint density at radius 2 is 0.914 bits per heavy atom. The fourth-order valence-corrected chi connectivity index (χ4v) is 12.2. The summed E-state index contributed by atoms with van der Waals surface area (Å²) in [5, 5.41) is 0. The van der Waals surface area contributed by atoms with Gasteiger partial charge in [-0.3, -0.25) is 29.0 Å². The Kier molecular flexibility index (Phi) is 16.0. The Hall–Kier alpha value is -3.14. The molecule has 8 nitrogen and oxygen atoms in total. The van der Waals surface area contributed by atoms with E-state index in [9.17, 15) is 19.2 Å². The van der Waals surface area contributed by atoms with Crippen molar-refractivity contribution >= 4 is 114 Å². The number of hydrogen-bond donors (Lipinski definition) is 0. The van der Waals surface area contributed by atoms with Crippen LogP contribution in [0.3, 0.4) is 0 Å². The third-order valence-corrected chi connectivity index (χ3v) is 15.4. The zero-order valence-corrected chi connectivity index (χ0v) is 38.7. The van der Waals surface area contributed by atoms with Gasteiger partial charge < -0.3 is 9.13 Å². The van der Waals surface area contributed by atoms with Crippen molar-refractivity contribution in [1.82, 2.24) is 18.9 Å². The summed E-state index contributed by atoms with van der Waals surface area (Å²) in [7, 11) is 0. The molecule has 0 unspecified atom stereocenters. The number of nitrogens with zero attached hydrogens (tertiary/aromatic N) is 4. The molecule has 308 valence electrons. The Balaban J connectivity index is 1.45. The summed E-state index contributed by atoms with van der Waals surface area (Å²) in [5.74, 6) is -0.191. The molecule has 0 bridgehead atoms. The molecule has 2 saturated heterocycles. The summed E-state index contributed by atoms with van der Waals surface area (Å²) >= 11 is 16.4. The van der Waals surface area contributed by atoms with Crippen LogP contribution in [0.2, 0.25) is 0 Å². The summed E-state index contributed by atoms with van der Waals surface area (Å²) in [6.45, 7) is 10.4. The smallest absolute Gasteiger partial charge is 0.266 e. The first-order valence-electron chi connectivity index (χ1n) is 20.6. The summed E-state index contributed by atoms with van der Waals surface area (Å²) in [5.41, 5.74) is 2.43. The highest BCUT2D eigenvalue weighted by molar-refractivity contribution is 8.27. The molecule has 14 heteroatoms. The Morgan fingerprint density at radius 1 is 0.534 bits per heavy atom. The number of fused-ring (bicyclic) bond motifs is 1. The normalized spacial score (nSPS) is 16.1. The summed E-state index contributed by atoms with van der Waals surface area (Å²) in [6, 6.07) is 11.6. The van der Waals surface area contributed by atoms with Gasteiger partial charge in [0.2, 0.25) is 0 Å². The minimum absolute atomic E-state index is 0.0905. The maximum atomic E-state index is 14.7. The van der Waals surface area contributed by atoms with Crippen LogP contribution in [-0.2, 0) is 22.7 Å². The number of thioether (sulfide) groups is 2. The van der Waals surface area contributed by atoms with E-state index < -0.39 is 0 Å². The number of pyridine rings is 2. The first-order chi connectivity index (χ1) is 28.1. The maximum Gasteiger partial charge on any atom is 0.266 e. The molecule has 2 aliphatic rings. The quantitative estimate of drug-likeness (QED) is 0.0493. The summed E-state index contributed by atoms with van der Waals surface area (Å²) in [4.78, 5) is 63.1. The lowest BCUT2D eigenvalue weighted by Gasteiger charge is -2.18. The molecule has 0 aliphatic carbocycles. The van der Waals surface area contributed by atoms with E-state index in [4.69, 9.17) is 24.4 Å². The number of thiocarbonyl (C=S) groups is 2. The number of rotatable bonds is 20. The van der Waals surface area contributed by atoms with Crippen LogP contribution in [0, 0.1) is 0 Å². The van der Waals surface area contributed by atoms with Crippen LogP contribution < -0.4 is 11.1 Å². The SMILES string of the molecule is CCCCCCCCn1c(=O)c(-c2ccc(/C=C3\SC(=S)N(CC)C3=O)s2)cc2c1cc(-c1ccc(/C=C3\SC(=S)N(CC)C3=O)s1)c(=O)n2CCCCCCCC. The second-order valence-electron chi connectivity index (χ2n) is 14.6. The van der Waals surface area contributed by atoms with Crippen molar-refractivity contribution in [2.75, 3.05) is 13.1 Å². The van der Waals surface area contributed by atoms with Crippen molar-refractivity contribution in [2.24, 2.45) is 0 Å². The van der Waals surface area contributed by atoms with E-state index >= 15 is 0 Å². The van der Waals surface area contributed by atoms with Gasteiger partial charge in [0.1, 0.15) is 8.64 Å². The molecule has 2 amide bonds. The highest BCUT2D eigenvalue weighted by atomic mass is 32.2. The number of aromatic nitrogens is 2. The molecular formula is C44H52N4O4S6. The molecule has 2 fully saturated rings. The molecule has 4 aromatic rings. The molecule has 0 aromatic carbocycles. The van der Waals surface area contributed by atoms with Crippen LogP contribution in [0.4, 0.5) is 0 Å². The number of unbranched alkanes of at least 4 members (excludes halogenated alkanes) is 10. The van der Waals surface area contributed by atoms with Gasteiger partial charge in [-0.15, -0.1) is 22.7 Å². The second kappa shape index (κ2) is 20.9. The van der Waals surface area contributed by atoms with Crippen LogP contribution in [0.5, 0.6) is 0 Å². The molecule has 0 N–H and O–H groups in total. The molecule has 0 spiro atoms. The van der Waals surface area contributed by atoms with Gasteiger partial charge in [0.05, 0.1) is 32.0 Å². The standard InChI is InChI=1S/C44H52N4O4S6/c1-5-9-11-13-15-17-23-47-33-27-32(36-22-20-30(56-36)26-38-42(52)46(8-4)44(54)58-38)40(50)48(24-18-16-14-12-10-6-2)34(33)28-31(39(47)49)35-21-19-29(55-35)25-37-41(51)45(7-3)43(53)57-37/h19-22,25-28H,5-18,23-24H2,1-4H3/b37-25-,38-26-. The minimum atomic E-state index is -0.0957. The van der Waals surface area contributed by atoms with Crippen molar-refractivity contribution in [3.63, 3.8) is 0 Å². The first-order valence-corrected chi connectivity index (χ1v) is 24.7. The fraction of sp³-hybridized carbons (Fsp3) is 0.455.